The summed E-state index contributed by atoms with van der Waals surface area (Å²) >= 11 is 0. The van der Waals surface area contributed by atoms with Gasteiger partial charge in [-0.15, -0.1) is 0 Å². The van der Waals surface area contributed by atoms with Crippen molar-refractivity contribution in [2.75, 3.05) is 20.3 Å². The molecule has 0 atom stereocenters. The lowest BCUT2D eigenvalue weighted by molar-refractivity contribution is -0.130. The Morgan fingerprint density at radius 3 is 2.38 bits per heavy atom. The highest BCUT2D eigenvalue weighted by Gasteiger charge is 2.17. The Morgan fingerprint density at radius 2 is 1.65 bits per heavy atom. The molecule has 0 saturated heterocycles. The van der Waals surface area contributed by atoms with Crippen molar-refractivity contribution in [3.05, 3.63) is 59.2 Å². The molecule has 0 bridgehead atoms. The van der Waals surface area contributed by atoms with Gasteiger partial charge in [-0.2, -0.15) is 0 Å². The lowest BCUT2D eigenvalue weighted by Crippen LogP contribution is -2.26. The predicted octanol–water partition coefficient (Wildman–Crippen LogP) is 3.39. The molecule has 0 unspecified atom stereocenters. The van der Waals surface area contributed by atoms with Crippen LogP contribution >= 0.6 is 0 Å². The maximum Gasteiger partial charge on any atom is 0.223 e. The van der Waals surface area contributed by atoms with Crippen LogP contribution in [0, 0.1) is 6.92 Å². The Bertz CT molecular complexity index is 798. The van der Waals surface area contributed by atoms with Crippen molar-refractivity contribution in [2.45, 2.75) is 26.3 Å². The second-order valence-electron chi connectivity index (χ2n) is 6.52. The minimum Gasteiger partial charge on any atom is -0.486 e. The smallest absolute Gasteiger partial charge is 0.223 e. The van der Waals surface area contributed by atoms with Crippen LogP contribution in [0.15, 0.2) is 42.5 Å². The maximum absolute atomic E-state index is 12.4. The SMILES string of the molecule is Cc1ccc(CN(C)C(=O)CCC(=O)c2ccc3c(c2)OCCO3)cc1. The van der Waals surface area contributed by atoms with Gasteiger partial charge in [0.05, 0.1) is 0 Å². The van der Waals surface area contributed by atoms with Crippen molar-refractivity contribution in [3.63, 3.8) is 0 Å². The first-order valence-electron chi connectivity index (χ1n) is 8.75. The zero-order valence-corrected chi connectivity index (χ0v) is 15.2. The van der Waals surface area contributed by atoms with Crippen LogP contribution in [0.25, 0.3) is 0 Å². The number of hydrogen-bond donors (Lipinski definition) is 0. The molecule has 5 nitrogen and oxygen atoms in total. The van der Waals surface area contributed by atoms with E-state index < -0.39 is 0 Å². The van der Waals surface area contributed by atoms with E-state index in [9.17, 15) is 9.59 Å². The van der Waals surface area contributed by atoms with Crippen molar-refractivity contribution in [2.24, 2.45) is 0 Å². The van der Waals surface area contributed by atoms with E-state index in [1.54, 1.807) is 30.1 Å². The number of fused-ring (bicyclic) bond motifs is 1. The van der Waals surface area contributed by atoms with Crippen molar-refractivity contribution >= 4 is 11.7 Å². The van der Waals surface area contributed by atoms with E-state index in [0.717, 1.165) is 5.56 Å². The molecule has 1 amide bonds. The number of aryl methyl sites for hydroxylation is 1. The summed E-state index contributed by atoms with van der Waals surface area (Å²) in [6.07, 6.45) is 0.367. The van der Waals surface area contributed by atoms with Gasteiger partial charge in [0.1, 0.15) is 13.2 Å². The molecule has 5 heteroatoms. The molecule has 0 aliphatic carbocycles. The summed E-state index contributed by atoms with van der Waals surface area (Å²) in [7, 11) is 1.76. The lowest BCUT2D eigenvalue weighted by Gasteiger charge is -2.19. The minimum atomic E-state index is -0.0703. The number of benzene rings is 2. The lowest BCUT2D eigenvalue weighted by atomic mass is 10.1. The normalized spacial score (nSPS) is 12.5. The quantitative estimate of drug-likeness (QED) is 0.747. The highest BCUT2D eigenvalue weighted by Crippen LogP contribution is 2.31. The standard InChI is InChI=1S/C21H23NO4/c1-15-3-5-16(6-4-15)14-22(2)21(24)10-8-18(23)17-7-9-19-20(13-17)26-12-11-25-19/h3-7,9,13H,8,10-12,14H2,1-2H3. The summed E-state index contributed by atoms with van der Waals surface area (Å²) < 4.78 is 11.0. The predicted molar refractivity (Wildman–Crippen MR) is 98.6 cm³/mol. The van der Waals surface area contributed by atoms with E-state index in [0.29, 0.717) is 36.8 Å². The first-order chi connectivity index (χ1) is 12.5. The molecule has 136 valence electrons. The second kappa shape index (κ2) is 8.04. The Morgan fingerprint density at radius 1 is 0.962 bits per heavy atom. The zero-order chi connectivity index (χ0) is 18.5. The molecule has 3 rings (SSSR count). The van der Waals surface area contributed by atoms with Gasteiger partial charge in [0.15, 0.2) is 17.3 Å². The second-order valence-corrected chi connectivity index (χ2v) is 6.52. The summed E-state index contributed by atoms with van der Waals surface area (Å²) in [6, 6.07) is 13.2. The van der Waals surface area contributed by atoms with Gasteiger partial charge in [0, 0.05) is 32.0 Å². The van der Waals surface area contributed by atoms with Crippen molar-refractivity contribution in [3.8, 4) is 11.5 Å². The van der Waals surface area contributed by atoms with E-state index in [1.807, 2.05) is 31.2 Å². The number of carbonyl (C=O) groups excluding carboxylic acids is 2. The van der Waals surface area contributed by atoms with E-state index in [4.69, 9.17) is 9.47 Å². The maximum atomic E-state index is 12.4. The fourth-order valence-electron chi connectivity index (χ4n) is 2.83. The highest BCUT2D eigenvalue weighted by atomic mass is 16.6. The molecule has 0 N–H and O–H groups in total. The van der Waals surface area contributed by atoms with Gasteiger partial charge in [-0.3, -0.25) is 9.59 Å². The fraction of sp³-hybridized carbons (Fsp3) is 0.333. The monoisotopic (exact) mass is 353 g/mol. The fourth-order valence-corrected chi connectivity index (χ4v) is 2.83. The average Bonchev–Trinajstić information content (AvgIpc) is 2.67. The molecule has 2 aromatic rings. The molecular weight excluding hydrogens is 330 g/mol. The number of rotatable bonds is 6. The van der Waals surface area contributed by atoms with Gasteiger partial charge in [0.25, 0.3) is 0 Å². The van der Waals surface area contributed by atoms with E-state index in [1.165, 1.54) is 5.56 Å². The van der Waals surface area contributed by atoms with Gasteiger partial charge in [0.2, 0.25) is 5.91 Å². The Hall–Kier alpha value is -2.82. The van der Waals surface area contributed by atoms with Crippen LogP contribution in [-0.4, -0.2) is 36.9 Å². The molecule has 1 heterocycles. The van der Waals surface area contributed by atoms with E-state index in [2.05, 4.69) is 0 Å². The van der Waals surface area contributed by atoms with Gasteiger partial charge < -0.3 is 14.4 Å². The highest BCUT2D eigenvalue weighted by molar-refractivity contribution is 5.98. The minimum absolute atomic E-state index is 0.0449. The number of ketones is 1. The first-order valence-corrected chi connectivity index (χ1v) is 8.75. The number of hydrogen-bond acceptors (Lipinski definition) is 4. The third-order valence-corrected chi connectivity index (χ3v) is 4.40. The molecule has 1 aliphatic rings. The molecular formula is C21H23NO4. The summed E-state index contributed by atoms with van der Waals surface area (Å²) in [5.41, 5.74) is 2.81. The molecule has 1 aliphatic heterocycles. The van der Waals surface area contributed by atoms with Gasteiger partial charge in [-0.05, 0) is 30.7 Å². The number of carbonyl (C=O) groups is 2. The molecule has 26 heavy (non-hydrogen) atoms. The van der Waals surface area contributed by atoms with Crippen molar-refractivity contribution < 1.29 is 19.1 Å². The van der Waals surface area contributed by atoms with Crippen LogP contribution in [0.1, 0.15) is 34.3 Å². The third kappa shape index (κ3) is 4.42. The third-order valence-electron chi connectivity index (χ3n) is 4.40. The summed E-state index contributed by atoms with van der Waals surface area (Å²) in [5, 5.41) is 0. The first kappa shape index (κ1) is 18.0. The van der Waals surface area contributed by atoms with Crippen LogP contribution in [0.4, 0.5) is 0 Å². The largest absolute Gasteiger partial charge is 0.486 e. The number of nitrogens with zero attached hydrogens (tertiary/aromatic N) is 1. The van der Waals surface area contributed by atoms with E-state index >= 15 is 0 Å². The molecule has 2 aromatic carbocycles. The number of Topliss-reactive ketones (excluding diaryl/α,β-unsaturated/α-hetero) is 1. The number of ether oxygens (including phenoxy) is 2. The Labute approximate surface area is 153 Å². The number of amides is 1. The van der Waals surface area contributed by atoms with Gasteiger partial charge in [-0.25, -0.2) is 0 Å². The van der Waals surface area contributed by atoms with E-state index in [-0.39, 0.29) is 24.5 Å². The summed E-state index contributed by atoms with van der Waals surface area (Å²) in [4.78, 5) is 26.4. The molecule has 0 fully saturated rings. The van der Waals surface area contributed by atoms with Crippen LogP contribution in [0.2, 0.25) is 0 Å². The Kier molecular flexibility index (Phi) is 5.56. The van der Waals surface area contributed by atoms with Gasteiger partial charge >= 0.3 is 0 Å². The van der Waals surface area contributed by atoms with Crippen molar-refractivity contribution in [1.29, 1.82) is 0 Å². The summed E-state index contributed by atoms with van der Waals surface area (Å²) in [5.74, 6) is 1.13. The molecule has 0 spiro atoms. The van der Waals surface area contributed by atoms with Crippen LogP contribution in [0.5, 0.6) is 11.5 Å². The zero-order valence-electron chi connectivity index (χ0n) is 15.2. The van der Waals surface area contributed by atoms with Crippen LogP contribution < -0.4 is 9.47 Å². The van der Waals surface area contributed by atoms with Crippen LogP contribution in [-0.2, 0) is 11.3 Å². The molecule has 0 aromatic heterocycles. The molecule has 0 saturated carbocycles. The topological polar surface area (TPSA) is 55.8 Å². The van der Waals surface area contributed by atoms with Crippen LogP contribution in [0.3, 0.4) is 0 Å². The van der Waals surface area contributed by atoms with Crippen molar-refractivity contribution in [1.82, 2.24) is 4.90 Å². The summed E-state index contributed by atoms with van der Waals surface area (Å²) in [6.45, 7) is 3.56. The Balaban J connectivity index is 1.53. The molecule has 0 radical (unpaired) electrons. The average molecular weight is 353 g/mol. The van der Waals surface area contributed by atoms with Gasteiger partial charge in [-0.1, -0.05) is 29.8 Å².